The highest BCUT2D eigenvalue weighted by molar-refractivity contribution is 6.07. The zero-order valence-electron chi connectivity index (χ0n) is 59.7. The number of anilines is 6. The van der Waals surface area contributed by atoms with E-state index in [1.54, 1.807) is 18.3 Å². The van der Waals surface area contributed by atoms with Crippen LogP contribution in [0.15, 0.2) is 115 Å². The van der Waals surface area contributed by atoms with Crippen LogP contribution >= 0.6 is 0 Å². The second kappa shape index (κ2) is 31.4. The zero-order valence-corrected chi connectivity index (χ0v) is 59.7. The average molecular weight is 1510 g/mol. The molecular formula is C74H75N23O14. The monoisotopic (exact) mass is 1510 g/mol. The van der Waals surface area contributed by atoms with Crippen LogP contribution in [0.5, 0.6) is 0 Å². The molecule has 0 radical (unpaired) electrons. The van der Waals surface area contributed by atoms with Gasteiger partial charge >= 0.3 is 0 Å². The first-order chi connectivity index (χ1) is 53.7. The smallest absolute Gasteiger partial charge is 0.273 e. The van der Waals surface area contributed by atoms with Crippen LogP contribution in [0.3, 0.4) is 0 Å². The maximum Gasteiger partial charge on any atom is 0.273 e. The Balaban J connectivity index is 0.598. The van der Waals surface area contributed by atoms with Crippen molar-refractivity contribution in [3.8, 4) is 0 Å². The number of carbonyl (C=O) groups is 14. The molecule has 0 spiro atoms. The molecule has 12 bridgehead atoms. The molecule has 8 aliphatic heterocycles. The number of aromatic nitrogens is 9. The van der Waals surface area contributed by atoms with Crippen LogP contribution in [0.4, 0.5) is 34.9 Å². The predicted molar refractivity (Wildman–Crippen MR) is 389 cm³/mol. The predicted octanol–water partition coefficient (Wildman–Crippen LogP) is 1.65. The molecule has 14 amide bonds. The van der Waals surface area contributed by atoms with Gasteiger partial charge in [0.05, 0.1) is 12.2 Å². The molecule has 6 saturated heterocycles. The Labute approximate surface area is 631 Å². The number of carbonyl (C=O) groups excluding carboxylic acids is 14. The normalized spacial score (nSPS) is 23.3. The van der Waals surface area contributed by atoms with Crippen molar-refractivity contribution < 1.29 is 67.1 Å². The minimum Gasteiger partial charge on any atom is -0.351 e. The summed E-state index contributed by atoms with van der Waals surface area (Å²) in [5, 5.41) is 30.7. The quantitative estimate of drug-likeness (QED) is 0.107. The molecule has 0 aromatic carbocycles. The first-order valence-corrected chi connectivity index (χ1v) is 36.7. The van der Waals surface area contributed by atoms with E-state index in [-0.39, 0.29) is 147 Å². The third-order valence-electron chi connectivity index (χ3n) is 20.8. The van der Waals surface area contributed by atoms with Crippen molar-refractivity contribution in [3.05, 3.63) is 155 Å². The Bertz CT molecular complexity index is 4680. The van der Waals surface area contributed by atoms with Crippen LogP contribution in [0, 0.1) is 0 Å². The van der Waals surface area contributed by atoms with E-state index in [1.165, 1.54) is 131 Å². The summed E-state index contributed by atoms with van der Waals surface area (Å²) in [5.41, 5.74) is -0.152. The molecule has 0 unspecified atom stereocenters. The first-order valence-electron chi connectivity index (χ1n) is 36.7. The van der Waals surface area contributed by atoms with Gasteiger partial charge in [-0.2, -0.15) is 0 Å². The molecule has 7 aromatic heterocycles. The number of amides is 14. The van der Waals surface area contributed by atoms with Crippen molar-refractivity contribution in [1.82, 2.24) is 84.9 Å². The lowest BCUT2D eigenvalue weighted by atomic mass is 10.1. The highest BCUT2D eigenvalue weighted by Crippen LogP contribution is 2.31. The van der Waals surface area contributed by atoms with Gasteiger partial charge in [-0.15, -0.1) is 5.10 Å². The molecule has 6 fully saturated rings. The fourth-order valence-electron chi connectivity index (χ4n) is 15.5. The number of nitrogens with one attached hydrogen (secondary N) is 8. The molecule has 0 saturated carbocycles. The van der Waals surface area contributed by atoms with Crippen LogP contribution < -0.4 is 42.5 Å². The van der Waals surface area contributed by atoms with Crippen LogP contribution in [0.1, 0.15) is 146 Å². The summed E-state index contributed by atoms with van der Waals surface area (Å²) in [6.07, 6.45) is 4.36. The topological polar surface area (TPSA) is 463 Å². The summed E-state index contributed by atoms with van der Waals surface area (Å²) in [7, 11) is 0. The van der Waals surface area contributed by atoms with Gasteiger partial charge in [-0.05, 0) is 137 Å². The third-order valence-corrected chi connectivity index (χ3v) is 20.8. The number of pyridine rings is 6. The van der Waals surface area contributed by atoms with Gasteiger partial charge in [0.1, 0.15) is 105 Å². The Morgan fingerprint density at radius 1 is 0.351 bits per heavy atom. The summed E-state index contributed by atoms with van der Waals surface area (Å²) in [5.74, 6) is -8.40. The minimum absolute atomic E-state index is 0.00753. The van der Waals surface area contributed by atoms with E-state index in [1.807, 2.05) is 0 Å². The van der Waals surface area contributed by atoms with Crippen LogP contribution in [-0.2, 0) is 51.3 Å². The molecule has 8 aliphatic rings. The van der Waals surface area contributed by atoms with Crippen LogP contribution in [0.2, 0.25) is 0 Å². The van der Waals surface area contributed by atoms with Gasteiger partial charge in [0.2, 0.25) is 47.3 Å². The Kier molecular flexibility index (Phi) is 20.7. The number of hydrogen-bond donors (Lipinski definition) is 8. The van der Waals surface area contributed by atoms with Gasteiger partial charge in [-0.1, -0.05) is 41.6 Å². The lowest BCUT2D eigenvalue weighted by Gasteiger charge is -2.25. The molecule has 0 aliphatic carbocycles. The van der Waals surface area contributed by atoms with Crippen LogP contribution in [-0.4, -0.2) is 245 Å². The summed E-state index contributed by atoms with van der Waals surface area (Å²) in [6, 6.07) is 18.7. The maximum absolute atomic E-state index is 14.7. The van der Waals surface area contributed by atoms with Gasteiger partial charge in [0.15, 0.2) is 0 Å². The Morgan fingerprint density at radius 2 is 0.622 bits per heavy atom. The third kappa shape index (κ3) is 15.8. The second-order valence-corrected chi connectivity index (χ2v) is 28.2. The van der Waals surface area contributed by atoms with E-state index in [0.717, 1.165) is 0 Å². The fraction of sp³-hybridized carbons (Fsp3) is 0.378. The summed E-state index contributed by atoms with van der Waals surface area (Å²) < 4.78 is 1.41. The zero-order chi connectivity index (χ0) is 77.1. The molecule has 570 valence electrons. The van der Waals surface area contributed by atoms with Crippen molar-refractivity contribution >= 4 is 118 Å². The van der Waals surface area contributed by atoms with Crippen molar-refractivity contribution in [2.75, 3.05) is 71.2 Å². The molecule has 37 nitrogen and oxygen atoms in total. The standard InChI is InChI=1S/C74H75N23O14/c98-61(75-41-35-53-67(104)87-59-25-3-13-45(79-59)71(108)94-32-7-17-49(94)63(100)83-55-21-1-11-43(77-55)69(106)92-30-9-19-51(92)65(102)85-57-23-5-15-47(81-57)73(110)96(53)38-41)28-27-40-37-91(90-89-40)34-29-62(99)76-42-36-54-68(105)88-60-26-4-14-46(80-60)72(109)95-33-8-18-50(95)64(101)84-56-22-2-12-44(78-56)70(107)93-31-10-20-52(93)66(103)86-58-24-6-16-48(82-58)74(111)97(54)39-42/h1-6,11-16,21-26,37,41-42,49-54H,7-10,17-20,27-36,38-39H2,(H,75,98)(H,76,99)(H,77,83,100)(H,78,84,101)(H,79,87,104)(H,80,88,105)(H,81,85,102)(H,82,86,103)/t41-,42-,49-,50-,51-,52-,53-,54-/m0/s1. The second-order valence-electron chi connectivity index (χ2n) is 28.2. The van der Waals surface area contributed by atoms with E-state index in [2.05, 4.69) is 82.8 Å². The first kappa shape index (κ1) is 73.1. The number of aryl methyl sites for hydroxylation is 2. The minimum atomic E-state index is -1.25. The maximum atomic E-state index is 14.7. The molecule has 111 heavy (non-hydrogen) atoms. The van der Waals surface area contributed by atoms with Crippen LogP contribution in [0.25, 0.3) is 0 Å². The average Bonchev–Trinajstić information content (AvgIpc) is 1.69. The van der Waals surface area contributed by atoms with E-state index in [4.69, 9.17) is 0 Å². The summed E-state index contributed by atoms with van der Waals surface area (Å²) in [4.78, 5) is 233. The Hall–Kier alpha value is -13.4. The van der Waals surface area contributed by atoms with E-state index in [0.29, 0.717) is 57.1 Å². The van der Waals surface area contributed by atoms with E-state index in [9.17, 15) is 67.1 Å². The molecule has 7 aromatic rings. The number of rotatable bonds is 8. The van der Waals surface area contributed by atoms with Crippen molar-refractivity contribution in [2.45, 2.75) is 138 Å². The molecule has 8 atom stereocenters. The lowest BCUT2D eigenvalue weighted by molar-refractivity contribution is -0.122. The molecular weight excluding hydrogens is 1430 g/mol. The highest BCUT2D eigenvalue weighted by Gasteiger charge is 2.46. The fourth-order valence-corrected chi connectivity index (χ4v) is 15.5. The van der Waals surface area contributed by atoms with E-state index < -0.39 is 131 Å². The van der Waals surface area contributed by atoms with Crippen molar-refractivity contribution in [1.29, 1.82) is 0 Å². The van der Waals surface area contributed by atoms with Gasteiger partial charge in [-0.25, -0.2) is 29.9 Å². The molecule has 37 heteroatoms. The summed E-state index contributed by atoms with van der Waals surface area (Å²) >= 11 is 0. The highest BCUT2D eigenvalue weighted by atomic mass is 16.2. The van der Waals surface area contributed by atoms with Crippen molar-refractivity contribution in [3.63, 3.8) is 0 Å². The van der Waals surface area contributed by atoms with Crippen molar-refractivity contribution in [2.24, 2.45) is 0 Å². The SMILES string of the molecule is O=C(CCc1cn(CCC(=O)N[C@H]2C[C@H]3C(=O)Nc4cccc(n4)C(=O)N4CCC[C@H]4C(=O)Nc4cccc(n4)C(=O)N4CCC[C@H]4C(=O)Nc4cccc(n4)C(=O)N3C2)nn1)N[C@H]1C[C@H]2C(=O)Nc3cccc(n3)C(=O)N3CCC[C@H]3C(=O)Nc3cccc(n3)C(=O)N3CCC[C@H]3C(=O)Nc3cccc(n3)C(=O)N2C1. The largest absolute Gasteiger partial charge is 0.351 e. The Morgan fingerprint density at radius 3 is 0.919 bits per heavy atom. The molecule has 15 heterocycles. The number of hydrogen-bond acceptors (Lipinski definition) is 22. The number of nitrogens with zero attached hydrogens (tertiary/aromatic N) is 15. The summed E-state index contributed by atoms with van der Waals surface area (Å²) in [6.45, 7) is 0.534. The van der Waals surface area contributed by atoms with Gasteiger partial charge < -0.3 is 71.9 Å². The lowest BCUT2D eigenvalue weighted by Crippen LogP contribution is -2.45. The van der Waals surface area contributed by atoms with Gasteiger partial charge in [0, 0.05) is 76.8 Å². The van der Waals surface area contributed by atoms with E-state index >= 15 is 0 Å². The molecule has 15 rings (SSSR count). The van der Waals surface area contributed by atoms with Gasteiger partial charge in [0.25, 0.3) is 35.4 Å². The molecule has 8 N–H and O–H groups in total. The number of fused-ring (bicyclic) bond motifs is 18. The van der Waals surface area contributed by atoms with Gasteiger partial charge in [-0.3, -0.25) is 71.8 Å².